The summed E-state index contributed by atoms with van der Waals surface area (Å²) < 4.78 is 2.00. The van der Waals surface area contributed by atoms with Crippen LogP contribution in [-0.4, -0.2) is 28.0 Å². The molecule has 5 nitrogen and oxygen atoms in total. The van der Waals surface area contributed by atoms with E-state index in [0.29, 0.717) is 0 Å². The molecule has 20 heavy (non-hydrogen) atoms. The third-order valence-electron chi connectivity index (χ3n) is 3.62. The van der Waals surface area contributed by atoms with E-state index < -0.39 is 0 Å². The van der Waals surface area contributed by atoms with E-state index in [0.717, 1.165) is 36.6 Å². The number of benzene rings is 1. The first-order valence-corrected chi connectivity index (χ1v) is 6.89. The average molecular weight is 270 g/mol. The SMILES string of the molecule is Cc1nccn1-c1ccc(NC(=O)[C@H]2CCCN2)cc1. The lowest BCUT2D eigenvalue weighted by Crippen LogP contribution is -2.35. The number of carbonyl (C=O) groups excluding carboxylic acids is 1. The van der Waals surface area contributed by atoms with E-state index in [1.54, 1.807) is 6.20 Å². The van der Waals surface area contributed by atoms with Crippen molar-refractivity contribution in [3.05, 3.63) is 42.5 Å². The normalized spacial score (nSPS) is 18.1. The number of hydrogen-bond donors (Lipinski definition) is 2. The summed E-state index contributed by atoms with van der Waals surface area (Å²) in [6.07, 6.45) is 5.68. The summed E-state index contributed by atoms with van der Waals surface area (Å²) in [7, 11) is 0. The first-order valence-electron chi connectivity index (χ1n) is 6.89. The summed E-state index contributed by atoms with van der Waals surface area (Å²) in [5.41, 5.74) is 1.86. The number of hydrogen-bond acceptors (Lipinski definition) is 3. The maximum Gasteiger partial charge on any atom is 0.241 e. The van der Waals surface area contributed by atoms with Crippen LogP contribution in [0, 0.1) is 6.92 Å². The Hall–Kier alpha value is -2.14. The summed E-state index contributed by atoms with van der Waals surface area (Å²) in [6.45, 7) is 2.89. The lowest BCUT2D eigenvalue weighted by molar-refractivity contribution is -0.117. The molecule has 1 saturated heterocycles. The molecule has 1 amide bonds. The van der Waals surface area contributed by atoms with Gasteiger partial charge in [0.05, 0.1) is 6.04 Å². The lowest BCUT2D eigenvalue weighted by Gasteiger charge is -2.12. The van der Waals surface area contributed by atoms with Crippen LogP contribution in [0.3, 0.4) is 0 Å². The van der Waals surface area contributed by atoms with E-state index in [1.807, 2.05) is 42.0 Å². The third kappa shape index (κ3) is 2.58. The summed E-state index contributed by atoms with van der Waals surface area (Å²) in [4.78, 5) is 16.2. The number of rotatable bonds is 3. The highest BCUT2D eigenvalue weighted by atomic mass is 16.2. The topological polar surface area (TPSA) is 59.0 Å². The predicted molar refractivity (Wildman–Crippen MR) is 78.0 cm³/mol. The van der Waals surface area contributed by atoms with Gasteiger partial charge in [-0.15, -0.1) is 0 Å². The average Bonchev–Trinajstić information content (AvgIpc) is 3.11. The van der Waals surface area contributed by atoms with Gasteiger partial charge in [0.2, 0.25) is 5.91 Å². The summed E-state index contributed by atoms with van der Waals surface area (Å²) in [5, 5.41) is 6.14. The molecule has 0 saturated carbocycles. The van der Waals surface area contributed by atoms with Gasteiger partial charge in [0, 0.05) is 23.8 Å². The van der Waals surface area contributed by atoms with Gasteiger partial charge in [-0.2, -0.15) is 0 Å². The molecule has 104 valence electrons. The Balaban J connectivity index is 1.70. The van der Waals surface area contributed by atoms with E-state index in [4.69, 9.17) is 0 Å². The quantitative estimate of drug-likeness (QED) is 0.895. The van der Waals surface area contributed by atoms with E-state index in [1.165, 1.54) is 0 Å². The number of nitrogens with one attached hydrogen (secondary N) is 2. The molecule has 1 aromatic heterocycles. The fraction of sp³-hybridized carbons (Fsp3) is 0.333. The summed E-state index contributed by atoms with van der Waals surface area (Å²) >= 11 is 0. The molecule has 2 N–H and O–H groups in total. The predicted octanol–water partition coefficient (Wildman–Crippen LogP) is 1.87. The Morgan fingerprint density at radius 3 is 2.80 bits per heavy atom. The zero-order valence-corrected chi connectivity index (χ0v) is 11.5. The van der Waals surface area contributed by atoms with Crippen molar-refractivity contribution in [3.8, 4) is 5.69 Å². The maximum atomic E-state index is 12.0. The van der Waals surface area contributed by atoms with Crippen LogP contribution in [0.4, 0.5) is 5.69 Å². The van der Waals surface area contributed by atoms with Crippen molar-refractivity contribution < 1.29 is 4.79 Å². The highest BCUT2D eigenvalue weighted by Gasteiger charge is 2.21. The van der Waals surface area contributed by atoms with Gasteiger partial charge in [-0.25, -0.2) is 4.98 Å². The Labute approximate surface area is 118 Å². The molecule has 0 spiro atoms. The molecule has 1 atom stereocenters. The van der Waals surface area contributed by atoms with Crippen molar-refractivity contribution in [1.29, 1.82) is 0 Å². The molecular weight excluding hydrogens is 252 g/mol. The second-order valence-electron chi connectivity index (χ2n) is 5.03. The second-order valence-corrected chi connectivity index (χ2v) is 5.03. The van der Waals surface area contributed by atoms with Gasteiger partial charge >= 0.3 is 0 Å². The van der Waals surface area contributed by atoms with Crippen LogP contribution in [0.2, 0.25) is 0 Å². The van der Waals surface area contributed by atoms with Gasteiger partial charge < -0.3 is 15.2 Å². The standard InChI is InChI=1S/C15H18N4O/c1-11-16-9-10-19(11)13-6-4-12(5-7-13)18-15(20)14-3-2-8-17-14/h4-7,9-10,14,17H,2-3,8H2,1H3,(H,18,20)/t14-/m1/s1. The van der Waals surface area contributed by atoms with Crippen molar-refractivity contribution in [3.63, 3.8) is 0 Å². The van der Waals surface area contributed by atoms with Crippen LogP contribution < -0.4 is 10.6 Å². The Morgan fingerprint density at radius 2 is 2.20 bits per heavy atom. The van der Waals surface area contributed by atoms with E-state index in [-0.39, 0.29) is 11.9 Å². The second kappa shape index (κ2) is 5.46. The van der Waals surface area contributed by atoms with Crippen LogP contribution in [0.25, 0.3) is 5.69 Å². The number of nitrogens with zero attached hydrogens (tertiary/aromatic N) is 2. The van der Waals surface area contributed by atoms with Gasteiger partial charge in [0.25, 0.3) is 0 Å². The fourth-order valence-electron chi connectivity index (χ4n) is 2.49. The molecule has 1 aliphatic heterocycles. The van der Waals surface area contributed by atoms with Crippen LogP contribution in [0.1, 0.15) is 18.7 Å². The van der Waals surface area contributed by atoms with Crippen molar-refractivity contribution in [2.24, 2.45) is 0 Å². The fourth-order valence-corrected chi connectivity index (χ4v) is 2.49. The van der Waals surface area contributed by atoms with Gasteiger partial charge in [-0.1, -0.05) is 0 Å². The smallest absolute Gasteiger partial charge is 0.241 e. The molecule has 1 aromatic carbocycles. The Morgan fingerprint density at radius 1 is 1.40 bits per heavy atom. The van der Waals surface area contributed by atoms with Crippen molar-refractivity contribution in [2.75, 3.05) is 11.9 Å². The van der Waals surface area contributed by atoms with E-state index in [2.05, 4.69) is 15.6 Å². The molecule has 1 aliphatic rings. The van der Waals surface area contributed by atoms with Gasteiger partial charge in [0.1, 0.15) is 5.82 Å². The molecular formula is C15H18N4O. The summed E-state index contributed by atoms with van der Waals surface area (Å²) in [6, 6.07) is 7.74. The third-order valence-corrected chi connectivity index (χ3v) is 3.62. The minimum atomic E-state index is -0.0504. The first kappa shape index (κ1) is 12.9. The molecule has 0 bridgehead atoms. The molecule has 0 unspecified atom stereocenters. The molecule has 0 radical (unpaired) electrons. The molecule has 5 heteroatoms. The summed E-state index contributed by atoms with van der Waals surface area (Å²) in [5.74, 6) is 0.992. The largest absolute Gasteiger partial charge is 0.325 e. The first-order chi connectivity index (χ1) is 9.74. The minimum Gasteiger partial charge on any atom is -0.325 e. The van der Waals surface area contributed by atoms with Crippen molar-refractivity contribution in [2.45, 2.75) is 25.8 Å². The van der Waals surface area contributed by atoms with E-state index >= 15 is 0 Å². The number of amides is 1. The number of imidazole rings is 1. The maximum absolute atomic E-state index is 12.0. The molecule has 0 aliphatic carbocycles. The van der Waals surface area contributed by atoms with Gasteiger partial charge in [0.15, 0.2) is 0 Å². The zero-order valence-electron chi connectivity index (χ0n) is 11.5. The number of anilines is 1. The number of carbonyl (C=O) groups is 1. The molecule has 3 rings (SSSR count). The van der Waals surface area contributed by atoms with Gasteiger partial charge in [-0.3, -0.25) is 4.79 Å². The van der Waals surface area contributed by atoms with Crippen molar-refractivity contribution in [1.82, 2.24) is 14.9 Å². The molecule has 2 aromatic rings. The zero-order chi connectivity index (χ0) is 13.9. The Bertz CT molecular complexity index is 597. The molecule has 1 fully saturated rings. The van der Waals surface area contributed by atoms with Crippen molar-refractivity contribution >= 4 is 11.6 Å². The van der Waals surface area contributed by atoms with Crippen LogP contribution in [-0.2, 0) is 4.79 Å². The minimum absolute atomic E-state index is 0.0501. The number of aromatic nitrogens is 2. The lowest BCUT2D eigenvalue weighted by atomic mass is 10.2. The van der Waals surface area contributed by atoms with Gasteiger partial charge in [-0.05, 0) is 50.6 Å². The highest BCUT2D eigenvalue weighted by molar-refractivity contribution is 5.95. The monoisotopic (exact) mass is 270 g/mol. The van der Waals surface area contributed by atoms with Crippen LogP contribution in [0.15, 0.2) is 36.7 Å². The Kier molecular flexibility index (Phi) is 3.52. The molecule has 2 heterocycles. The van der Waals surface area contributed by atoms with Crippen LogP contribution in [0.5, 0.6) is 0 Å². The highest BCUT2D eigenvalue weighted by Crippen LogP contribution is 2.16. The van der Waals surface area contributed by atoms with E-state index in [9.17, 15) is 4.79 Å². The van der Waals surface area contributed by atoms with Crippen LogP contribution >= 0.6 is 0 Å². The number of aryl methyl sites for hydroxylation is 1.